The van der Waals surface area contributed by atoms with Gasteiger partial charge in [-0.2, -0.15) is 11.3 Å². The molecule has 13 nitrogen and oxygen atoms in total. The molecule has 0 amide bonds. The summed E-state index contributed by atoms with van der Waals surface area (Å²) in [4.78, 5) is 49.4. The summed E-state index contributed by atoms with van der Waals surface area (Å²) >= 11 is 1.71. The number of allylic oxidation sites excluding steroid dienone is 12. The van der Waals surface area contributed by atoms with Crippen LogP contribution in [0.2, 0.25) is 0 Å². The molecule has 12 aromatic rings. The molecule has 3 N–H and O–H groups in total. The zero-order chi connectivity index (χ0) is 78.5. The largest absolute Gasteiger partial charge is 0.512 e. The molecular formula is C95H85Ir3N6O7S-3. The summed E-state index contributed by atoms with van der Waals surface area (Å²) in [5.74, 6) is 1.07. The second-order valence-electron chi connectivity index (χ2n) is 27.2. The Morgan fingerprint density at radius 2 is 1.07 bits per heavy atom. The minimum absolute atomic E-state index is 0. The van der Waals surface area contributed by atoms with Gasteiger partial charge in [0, 0.05) is 114 Å². The second-order valence-corrected chi connectivity index (χ2v) is 28.2. The maximum absolute atomic E-state index is 10.0. The first-order valence-electron chi connectivity index (χ1n) is 35.2. The van der Waals surface area contributed by atoms with Crippen molar-refractivity contribution in [2.45, 2.75) is 87.0 Å². The van der Waals surface area contributed by atoms with Crippen molar-refractivity contribution >= 4 is 72.3 Å². The molecule has 0 saturated carbocycles. The number of nitriles is 1. The summed E-state index contributed by atoms with van der Waals surface area (Å²) in [5.41, 5.74) is 20.8. The Hall–Kier alpha value is -11.2. The van der Waals surface area contributed by atoms with Gasteiger partial charge in [-0.25, -0.2) is 10.1 Å². The van der Waals surface area contributed by atoms with Gasteiger partial charge >= 0.3 is 0 Å². The van der Waals surface area contributed by atoms with E-state index in [0.29, 0.717) is 17.1 Å². The summed E-state index contributed by atoms with van der Waals surface area (Å²) < 4.78 is 6.85. The van der Waals surface area contributed by atoms with Crippen molar-refractivity contribution in [3.8, 4) is 61.4 Å². The number of fused-ring (bicyclic) bond motifs is 9. The van der Waals surface area contributed by atoms with E-state index in [1.807, 2.05) is 122 Å². The van der Waals surface area contributed by atoms with Crippen molar-refractivity contribution in [1.29, 1.82) is 5.26 Å². The van der Waals surface area contributed by atoms with E-state index in [1.54, 1.807) is 30.4 Å². The number of aromatic nitrogens is 3. The molecule has 112 heavy (non-hydrogen) atoms. The van der Waals surface area contributed by atoms with Crippen LogP contribution in [0.1, 0.15) is 104 Å². The normalized spacial score (nSPS) is 13.2. The second kappa shape index (κ2) is 41.7. The molecule has 15 rings (SSSR count). The molecule has 2 aliphatic carbocycles. The quantitative estimate of drug-likeness (QED) is 0.0537. The molecule has 3 aromatic heterocycles. The molecule has 0 saturated heterocycles. The number of thiazole rings is 1. The molecule has 0 atom stereocenters. The molecule has 0 unspecified atom stereocenters. The number of nitrogens with zero attached hydrogens (tertiary/aromatic N) is 6. The molecule has 0 spiro atoms. The first-order valence-corrected chi connectivity index (χ1v) is 36.0. The van der Waals surface area contributed by atoms with Gasteiger partial charge < -0.3 is 29.9 Å². The zero-order valence-corrected chi connectivity index (χ0v) is 72.4. The molecule has 0 bridgehead atoms. The molecular weight excluding hydrogens is 1950 g/mol. The average molecular weight is 2030 g/mol. The van der Waals surface area contributed by atoms with Crippen LogP contribution in [0.4, 0.5) is 5.69 Å². The van der Waals surface area contributed by atoms with Crippen LogP contribution < -0.4 is 4.90 Å². The molecule has 3 aliphatic rings. The van der Waals surface area contributed by atoms with E-state index in [9.17, 15) is 14.4 Å². The van der Waals surface area contributed by atoms with Crippen molar-refractivity contribution in [3.05, 3.63) is 352 Å². The minimum Gasteiger partial charge on any atom is -0.512 e. The maximum atomic E-state index is 10.0. The van der Waals surface area contributed by atoms with Crippen LogP contribution in [0.15, 0.2) is 295 Å². The van der Waals surface area contributed by atoms with Gasteiger partial charge in [-0.3, -0.25) is 24.4 Å². The summed E-state index contributed by atoms with van der Waals surface area (Å²) in [6, 6.07) is 85.5. The predicted octanol–water partition coefficient (Wildman–Crippen LogP) is 23.2. The number of aliphatic hydroxyl groups is 3. The number of hydrogen-bond acceptors (Lipinski definition) is 13. The molecule has 3 radical (unpaired) electrons. The third-order valence-electron chi connectivity index (χ3n) is 17.6. The third kappa shape index (κ3) is 23.7. The Morgan fingerprint density at radius 3 is 1.60 bits per heavy atom. The van der Waals surface area contributed by atoms with E-state index in [2.05, 4.69) is 194 Å². The monoisotopic (exact) mass is 2030 g/mol. The fourth-order valence-electron chi connectivity index (χ4n) is 12.6. The van der Waals surface area contributed by atoms with Crippen molar-refractivity contribution in [1.82, 2.24) is 15.0 Å². The first-order chi connectivity index (χ1) is 52.1. The van der Waals surface area contributed by atoms with E-state index in [4.69, 9.17) is 36.9 Å². The van der Waals surface area contributed by atoms with Crippen molar-refractivity contribution in [2.75, 3.05) is 19.0 Å². The molecule has 1 aliphatic heterocycles. The van der Waals surface area contributed by atoms with Gasteiger partial charge in [0.05, 0.1) is 41.0 Å². The Balaban J connectivity index is 0.000000214. The van der Waals surface area contributed by atoms with E-state index in [0.717, 1.165) is 55.4 Å². The van der Waals surface area contributed by atoms with Gasteiger partial charge in [0.1, 0.15) is 11.5 Å². The standard InChI is InChI=1S/2C24H18N.C19H17N3O.C13H8NS.3C5H8O2.3Ir/c1-24(2)20-9-5-4-8-18(20)19-13-11-17(15-21(19)24)23-14-12-16-7-3-6-10-22(16)25-23;1-24(2)21-10-6-5-9-19(21)20-12-11-17(15-22(20)24)23-18-8-4-3-7-16(18)13-14-25-23;1-14-11-16(19(13-20)21-2)12-18(23-14)10-7-15-5-8-17(9-6-15)22(3)4;1-2-6-10(7-3-1)13-14-11-8-4-5-9-12(11)15-13;3*1-4(6)3-5(2)7;;;/h2*3-10,12-15H,1-2H3;5-12H,1,3-4H3;1-6,8-9H;3*3,6H,1-2H3;;;/q2*-1;;-1;;;;;;/b;;10-7+,19-16+;;;;;;;. The Kier molecular flexibility index (Phi) is 33.4. The number of carbonyl (C=O) groups excluding carboxylic acids is 3. The topological polar surface area (TPSA) is 191 Å². The summed E-state index contributed by atoms with van der Waals surface area (Å²) in [7, 11) is 4.00. The summed E-state index contributed by atoms with van der Waals surface area (Å²) in [5, 5.41) is 38.7. The average Bonchev–Trinajstić information content (AvgIpc) is 1.59. The number of para-hydroxylation sites is 2. The van der Waals surface area contributed by atoms with E-state index in [1.165, 1.54) is 125 Å². The number of anilines is 1. The number of ether oxygens (including phenoxy) is 1. The fourth-order valence-corrected chi connectivity index (χ4v) is 13.6. The van der Waals surface area contributed by atoms with Gasteiger partial charge in [0.2, 0.25) is 0 Å². The number of aliphatic hydroxyl groups excluding tert-OH is 3. The van der Waals surface area contributed by atoms with E-state index < -0.39 is 0 Å². The number of hydrogen-bond donors (Lipinski definition) is 3. The summed E-state index contributed by atoms with van der Waals surface area (Å²) in [6.45, 7) is 26.6. The number of pyridine rings is 2. The van der Waals surface area contributed by atoms with Crippen molar-refractivity contribution < 1.29 is 94.8 Å². The SMILES string of the molecule is CC(=O)C=C(C)O.CC(=O)C=C(C)O.CC(=O)C=C(C)O.CC1(C)c2ccccc2-c2c[c-]c(-c3ccc4ccccc4n3)cc21.CC1(C)c2ccccc2-c2c[c-]c(-c3nccc4ccccc34)cc21.[C-]#[N+]/C(C#N)=C1\C=C(C)OC(/C=C/c2ccc(N(C)C)cc2)=C1.[Ir].[Ir].[Ir].[c-]1ccccc1-c1nc2ccccc2s1. The Labute approximate surface area is 701 Å². The summed E-state index contributed by atoms with van der Waals surface area (Å²) in [6.07, 6.45) is 12.6. The van der Waals surface area contributed by atoms with Crippen LogP contribution in [0.5, 0.6) is 0 Å². The Bertz CT molecular complexity index is 5540. The number of ketones is 3. The molecule has 573 valence electrons. The van der Waals surface area contributed by atoms with E-state index >= 15 is 0 Å². The molecule has 17 heteroatoms. The van der Waals surface area contributed by atoms with Gasteiger partial charge in [0.25, 0.3) is 5.70 Å². The van der Waals surface area contributed by atoms with Gasteiger partial charge in [-0.15, -0.1) is 94.5 Å². The number of carbonyl (C=O) groups is 3. The smallest absolute Gasteiger partial charge is 0.269 e. The van der Waals surface area contributed by atoms with Crippen LogP contribution in [0, 0.1) is 36.1 Å². The van der Waals surface area contributed by atoms with E-state index in [-0.39, 0.29) is 111 Å². The molecule has 0 fully saturated rings. The van der Waals surface area contributed by atoms with Gasteiger partial charge in [0.15, 0.2) is 17.3 Å². The van der Waals surface area contributed by atoms with Crippen LogP contribution in [-0.4, -0.2) is 61.7 Å². The van der Waals surface area contributed by atoms with Gasteiger partial charge in [-0.05, 0) is 164 Å². The maximum Gasteiger partial charge on any atom is 0.269 e. The predicted molar refractivity (Wildman–Crippen MR) is 444 cm³/mol. The van der Waals surface area contributed by atoms with Crippen LogP contribution in [-0.2, 0) is 90.3 Å². The molecule has 9 aromatic carbocycles. The van der Waals surface area contributed by atoms with Crippen molar-refractivity contribution in [2.24, 2.45) is 0 Å². The van der Waals surface area contributed by atoms with Crippen LogP contribution >= 0.6 is 11.3 Å². The van der Waals surface area contributed by atoms with Crippen molar-refractivity contribution in [3.63, 3.8) is 0 Å². The zero-order valence-electron chi connectivity index (χ0n) is 64.4. The minimum atomic E-state index is -0.125. The van der Waals surface area contributed by atoms with Crippen LogP contribution in [0.3, 0.4) is 0 Å². The fraction of sp³-hybridized carbons (Fsp3) is 0.158. The number of benzene rings is 9. The first kappa shape index (κ1) is 89.7. The number of rotatable bonds is 9. The third-order valence-corrected chi connectivity index (χ3v) is 18.6. The van der Waals surface area contributed by atoms with Crippen LogP contribution in [0.25, 0.3) is 98.2 Å². The van der Waals surface area contributed by atoms with Gasteiger partial charge in [-0.1, -0.05) is 183 Å². The molecule has 4 heterocycles. The Morgan fingerprint density at radius 1 is 0.554 bits per heavy atom.